The van der Waals surface area contributed by atoms with Gasteiger partial charge < -0.3 is 5.32 Å². The van der Waals surface area contributed by atoms with Crippen LogP contribution in [-0.4, -0.2) is 33.4 Å². The van der Waals surface area contributed by atoms with E-state index in [1.165, 1.54) is 17.7 Å². The average Bonchev–Trinajstić information content (AvgIpc) is 3.34. The number of anilines is 1. The SMILES string of the molecule is CC(C)CCNC(=O)[C@H](c1ccc(F)cc1)N(C(=O)Cn1nnc2ccccc21)c1cccc2c1CCCC2. The van der Waals surface area contributed by atoms with Crippen LogP contribution >= 0.6 is 0 Å². The molecule has 2 amide bonds. The second-order valence-electron chi connectivity index (χ2n) is 10.5. The number of hydrogen-bond donors (Lipinski definition) is 1. The predicted molar refractivity (Wildman–Crippen MR) is 150 cm³/mol. The van der Waals surface area contributed by atoms with Crippen LogP contribution in [0.4, 0.5) is 10.1 Å². The van der Waals surface area contributed by atoms with Crippen LogP contribution in [0, 0.1) is 11.7 Å². The van der Waals surface area contributed by atoms with Gasteiger partial charge in [-0.15, -0.1) is 5.10 Å². The molecule has 1 N–H and O–H groups in total. The van der Waals surface area contributed by atoms with Gasteiger partial charge in [0.05, 0.1) is 5.52 Å². The Labute approximate surface area is 228 Å². The number of para-hydroxylation sites is 1. The van der Waals surface area contributed by atoms with E-state index >= 15 is 0 Å². The van der Waals surface area contributed by atoms with Crippen LogP contribution < -0.4 is 10.2 Å². The van der Waals surface area contributed by atoms with E-state index in [0.717, 1.165) is 48.9 Å². The molecule has 8 heteroatoms. The number of fused-ring (bicyclic) bond motifs is 2. The third-order valence-corrected chi connectivity index (χ3v) is 7.32. The Morgan fingerprint density at radius 3 is 2.56 bits per heavy atom. The van der Waals surface area contributed by atoms with E-state index in [0.29, 0.717) is 23.5 Å². The molecular weight excluding hydrogens is 493 g/mol. The lowest BCUT2D eigenvalue weighted by atomic mass is 9.89. The van der Waals surface area contributed by atoms with Gasteiger partial charge in [-0.2, -0.15) is 0 Å². The lowest BCUT2D eigenvalue weighted by molar-refractivity contribution is -0.127. The summed E-state index contributed by atoms with van der Waals surface area (Å²) in [5.41, 5.74) is 4.97. The van der Waals surface area contributed by atoms with Crippen molar-refractivity contribution in [1.29, 1.82) is 0 Å². The number of amides is 2. The molecule has 3 aromatic carbocycles. The summed E-state index contributed by atoms with van der Waals surface area (Å²) in [6.45, 7) is 4.58. The Kier molecular flexibility index (Phi) is 8.00. The second-order valence-corrected chi connectivity index (χ2v) is 10.5. The van der Waals surface area contributed by atoms with Gasteiger partial charge in [-0.25, -0.2) is 9.07 Å². The van der Waals surface area contributed by atoms with Gasteiger partial charge in [0, 0.05) is 12.2 Å². The molecule has 0 bridgehead atoms. The summed E-state index contributed by atoms with van der Waals surface area (Å²) >= 11 is 0. The quantitative estimate of drug-likeness (QED) is 0.317. The first-order valence-electron chi connectivity index (χ1n) is 13.7. The van der Waals surface area contributed by atoms with Gasteiger partial charge in [-0.1, -0.05) is 55.5 Å². The number of aryl methyl sites for hydroxylation is 1. The zero-order valence-corrected chi connectivity index (χ0v) is 22.4. The fourth-order valence-corrected chi connectivity index (χ4v) is 5.29. The maximum atomic E-state index is 14.3. The molecule has 0 saturated heterocycles. The van der Waals surface area contributed by atoms with E-state index in [-0.39, 0.29) is 18.4 Å². The molecule has 39 heavy (non-hydrogen) atoms. The summed E-state index contributed by atoms with van der Waals surface area (Å²) in [5.74, 6) is -0.582. The standard InChI is InChI=1S/C31H34FN5O2/c1-21(2)18-19-33-31(39)30(23-14-16-24(32)17-15-23)37(27-13-7-9-22-8-3-4-10-25(22)27)29(38)20-36-28-12-6-5-11-26(28)34-35-36/h5-7,9,11-17,21,30H,3-4,8,10,18-20H2,1-2H3,(H,33,39)/t30-/m0/s1. The molecule has 1 heterocycles. The Hall–Kier alpha value is -4.07. The van der Waals surface area contributed by atoms with Crippen molar-refractivity contribution >= 4 is 28.5 Å². The normalized spacial score (nSPS) is 13.7. The second kappa shape index (κ2) is 11.8. The van der Waals surface area contributed by atoms with Crippen LogP contribution in [-0.2, 0) is 29.0 Å². The number of carbonyl (C=O) groups is 2. The number of nitrogens with zero attached hydrogens (tertiary/aromatic N) is 4. The summed E-state index contributed by atoms with van der Waals surface area (Å²) < 4.78 is 15.5. The first-order valence-corrected chi connectivity index (χ1v) is 13.7. The van der Waals surface area contributed by atoms with Crippen molar-refractivity contribution in [2.45, 2.75) is 58.5 Å². The molecule has 7 nitrogen and oxygen atoms in total. The summed E-state index contributed by atoms with van der Waals surface area (Å²) in [6, 6.07) is 18.3. The van der Waals surface area contributed by atoms with Gasteiger partial charge in [0.25, 0.3) is 0 Å². The lowest BCUT2D eigenvalue weighted by Crippen LogP contribution is -2.46. The molecular formula is C31H34FN5O2. The number of aromatic nitrogens is 3. The topological polar surface area (TPSA) is 80.1 Å². The molecule has 0 fully saturated rings. The van der Waals surface area contributed by atoms with E-state index in [4.69, 9.17) is 0 Å². The largest absolute Gasteiger partial charge is 0.354 e. The van der Waals surface area contributed by atoms with E-state index in [1.807, 2.05) is 36.4 Å². The third kappa shape index (κ3) is 5.85. The molecule has 0 unspecified atom stereocenters. The monoisotopic (exact) mass is 527 g/mol. The highest BCUT2D eigenvalue weighted by atomic mass is 19.1. The number of halogens is 1. The maximum absolute atomic E-state index is 14.3. The minimum absolute atomic E-state index is 0.0961. The summed E-state index contributed by atoms with van der Waals surface area (Å²) in [4.78, 5) is 29.8. The number of nitrogens with one attached hydrogen (secondary N) is 1. The molecule has 1 aliphatic carbocycles. The van der Waals surface area contributed by atoms with E-state index in [9.17, 15) is 14.0 Å². The average molecular weight is 528 g/mol. The molecule has 1 atom stereocenters. The predicted octanol–water partition coefficient (Wildman–Crippen LogP) is 5.39. The number of rotatable bonds is 9. The van der Waals surface area contributed by atoms with E-state index < -0.39 is 11.9 Å². The highest BCUT2D eigenvalue weighted by molar-refractivity contribution is 6.02. The van der Waals surface area contributed by atoms with Gasteiger partial charge in [0.15, 0.2) is 0 Å². The van der Waals surface area contributed by atoms with Gasteiger partial charge in [0.2, 0.25) is 11.8 Å². The summed E-state index contributed by atoms with van der Waals surface area (Å²) in [5, 5.41) is 11.5. The van der Waals surface area contributed by atoms with Crippen molar-refractivity contribution in [2.75, 3.05) is 11.4 Å². The third-order valence-electron chi connectivity index (χ3n) is 7.32. The first kappa shape index (κ1) is 26.5. The van der Waals surface area contributed by atoms with Crippen LogP contribution in [0.25, 0.3) is 11.0 Å². The van der Waals surface area contributed by atoms with Crippen molar-refractivity contribution < 1.29 is 14.0 Å². The highest BCUT2D eigenvalue weighted by Crippen LogP contribution is 2.36. The van der Waals surface area contributed by atoms with Crippen molar-refractivity contribution in [1.82, 2.24) is 20.3 Å². The van der Waals surface area contributed by atoms with Crippen LogP contribution in [0.5, 0.6) is 0 Å². The Morgan fingerprint density at radius 2 is 1.77 bits per heavy atom. The number of benzene rings is 3. The molecule has 0 saturated carbocycles. The molecule has 0 aliphatic heterocycles. The maximum Gasteiger partial charge on any atom is 0.249 e. The van der Waals surface area contributed by atoms with Crippen molar-refractivity contribution in [2.24, 2.45) is 5.92 Å². The fourth-order valence-electron chi connectivity index (χ4n) is 5.29. The van der Waals surface area contributed by atoms with Crippen LogP contribution in [0.3, 0.4) is 0 Å². The highest BCUT2D eigenvalue weighted by Gasteiger charge is 2.35. The molecule has 202 valence electrons. The molecule has 1 aliphatic rings. The molecule has 0 spiro atoms. The fraction of sp³-hybridized carbons (Fsp3) is 0.355. The number of hydrogen-bond acceptors (Lipinski definition) is 4. The van der Waals surface area contributed by atoms with Gasteiger partial charge in [-0.3, -0.25) is 14.5 Å². The minimum Gasteiger partial charge on any atom is -0.354 e. The summed E-state index contributed by atoms with van der Waals surface area (Å²) in [6.07, 6.45) is 4.67. The van der Waals surface area contributed by atoms with E-state index in [2.05, 4.69) is 35.5 Å². The molecule has 5 rings (SSSR count). The zero-order valence-electron chi connectivity index (χ0n) is 22.4. The zero-order chi connectivity index (χ0) is 27.4. The lowest BCUT2D eigenvalue weighted by Gasteiger charge is -2.34. The van der Waals surface area contributed by atoms with E-state index in [1.54, 1.807) is 21.7 Å². The molecule has 0 radical (unpaired) electrons. The Bertz CT molecular complexity index is 1460. The van der Waals surface area contributed by atoms with Gasteiger partial charge >= 0.3 is 0 Å². The minimum atomic E-state index is -0.978. The Morgan fingerprint density at radius 1 is 1.00 bits per heavy atom. The van der Waals surface area contributed by atoms with Crippen molar-refractivity contribution in [3.63, 3.8) is 0 Å². The van der Waals surface area contributed by atoms with Crippen LogP contribution in [0.2, 0.25) is 0 Å². The molecule has 4 aromatic rings. The van der Waals surface area contributed by atoms with Gasteiger partial charge in [0.1, 0.15) is 23.9 Å². The smallest absolute Gasteiger partial charge is 0.249 e. The van der Waals surface area contributed by atoms with Crippen LogP contribution in [0.1, 0.15) is 55.8 Å². The summed E-state index contributed by atoms with van der Waals surface area (Å²) in [7, 11) is 0. The van der Waals surface area contributed by atoms with Crippen molar-refractivity contribution in [3.05, 3.63) is 89.2 Å². The number of carbonyl (C=O) groups excluding carboxylic acids is 2. The Balaban J connectivity index is 1.60. The first-order chi connectivity index (χ1) is 18.9. The van der Waals surface area contributed by atoms with Gasteiger partial charge in [-0.05, 0) is 85.0 Å². The van der Waals surface area contributed by atoms with Crippen molar-refractivity contribution in [3.8, 4) is 0 Å². The van der Waals surface area contributed by atoms with Crippen LogP contribution in [0.15, 0.2) is 66.7 Å². The molecule has 1 aromatic heterocycles.